The van der Waals surface area contributed by atoms with Gasteiger partial charge in [0.05, 0.1) is 5.92 Å². The third-order valence-corrected chi connectivity index (χ3v) is 2.39. The minimum Gasteiger partial charge on any atom is -0.444 e. The molecule has 1 aliphatic heterocycles. The highest BCUT2D eigenvalue weighted by Crippen LogP contribution is 2.20. The Morgan fingerprint density at radius 3 is 2.50 bits per heavy atom. The first kappa shape index (κ1) is 12.9. The number of likely N-dealkylation sites (tertiary alicyclic amines) is 1. The average Bonchev–Trinajstić information content (AvgIpc) is 2.15. The monoisotopic (exact) mass is 231 g/mol. The maximum absolute atomic E-state index is 12.5. The minimum absolute atomic E-state index is 0.129. The third-order valence-electron chi connectivity index (χ3n) is 2.39. The summed E-state index contributed by atoms with van der Waals surface area (Å²) in [6.07, 6.45) is 0.673. The van der Waals surface area contributed by atoms with Crippen molar-refractivity contribution in [1.82, 2.24) is 4.90 Å². The van der Waals surface area contributed by atoms with Crippen molar-refractivity contribution in [2.24, 2.45) is 5.92 Å². The van der Waals surface area contributed by atoms with E-state index in [1.807, 2.05) is 0 Å². The van der Waals surface area contributed by atoms with Crippen LogP contribution in [0, 0.1) is 5.92 Å². The lowest BCUT2D eigenvalue weighted by atomic mass is 9.99. The largest absolute Gasteiger partial charge is 0.444 e. The van der Waals surface area contributed by atoms with E-state index in [1.54, 1.807) is 20.8 Å². The Kier molecular flexibility index (Phi) is 3.88. The molecule has 0 radical (unpaired) electrons. The Hall–Kier alpha value is -1.13. The zero-order chi connectivity index (χ0) is 12.3. The zero-order valence-corrected chi connectivity index (χ0v) is 9.96. The van der Waals surface area contributed by atoms with E-state index in [-0.39, 0.29) is 6.54 Å². The van der Waals surface area contributed by atoms with Crippen LogP contribution in [0.3, 0.4) is 0 Å². The molecule has 1 aliphatic rings. The normalized spacial score (nSPS) is 21.8. The highest BCUT2D eigenvalue weighted by molar-refractivity contribution is 5.74. The maximum Gasteiger partial charge on any atom is 0.410 e. The van der Waals surface area contributed by atoms with E-state index in [1.165, 1.54) is 4.90 Å². The van der Waals surface area contributed by atoms with Crippen molar-refractivity contribution in [3.63, 3.8) is 0 Å². The van der Waals surface area contributed by atoms with Gasteiger partial charge >= 0.3 is 12.1 Å². The van der Waals surface area contributed by atoms with Gasteiger partial charge in [-0.2, -0.15) is 4.39 Å². The van der Waals surface area contributed by atoms with Crippen LogP contribution in [0.4, 0.5) is 9.18 Å². The molecule has 1 amide bonds. The predicted octanol–water partition coefficient (Wildman–Crippen LogP) is 2.13. The number of carbonyl (C=O) groups excluding carboxylic acids is 2. The number of piperidine rings is 1. The maximum atomic E-state index is 12.5. The van der Waals surface area contributed by atoms with Gasteiger partial charge < -0.3 is 9.64 Å². The van der Waals surface area contributed by atoms with Gasteiger partial charge in [-0.1, -0.05) is 0 Å². The lowest BCUT2D eigenvalue weighted by Gasteiger charge is -2.32. The molecule has 1 fully saturated rings. The molecule has 1 heterocycles. The second kappa shape index (κ2) is 4.80. The Bertz CT molecular complexity index is 285. The molecule has 4 nitrogen and oxygen atoms in total. The number of amides is 1. The molecule has 0 saturated carbocycles. The molecule has 0 aromatic rings. The van der Waals surface area contributed by atoms with Gasteiger partial charge in [0.2, 0.25) is 0 Å². The van der Waals surface area contributed by atoms with Gasteiger partial charge in [-0.25, -0.2) is 4.79 Å². The molecule has 0 bridgehead atoms. The van der Waals surface area contributed by atoms with Crippen LogP contribution in [0.25, 0.3) is 0 Å². The summed E-state index contributed by atoms with van der Waals surface area (Å²) in [6.45, 7) is 5.97. The molecule has 1 rings (SSSR count). The fourth-order valence-electron chi connectivity index (χ4n) is 1.65. The van der Waals surface area contributed by atoms with E-state index < -0.39 is 23.6 Å². The number of hydrogen-bond acceptors (Lipinski definition) is 3. The molecule has 92 valence electrons. The van der Waals surface area contributed by atoms with Crippen LogP contribution in [0.5, 0.6) is 0 Å². The van der Waals surface area contributed by atoms with Crippen molar-refractivity contribution in [3.8, 4) is 0 Å². The van der Waals surface area contributed by atoms with Crippen molar-refractivity contribution in [1.29, 1.82) is 0 Å². The summed E-state index contributed by atoms with van der Waals surface area (Å²) >= 11 is 0. The number of halogens is 1. The molecule has 1 saturated heterocycles. The summed E-state index contributed by atoms with van der Waals surface area (Å²) in [5.74, 6) is -0.679. The molecule has 0 aromatic carbocycles. The lowest BCUT2D eigenvalue weighted by Crippen LogP contribution is -2.44. The van der Waals surface area contributed by atoms with Crippen molar-refractivity contribution in [2.75, 3.05) is 13.1 Å². The summed E-state index contributed by atoms with van der Waals surface area (Å²) in [5, 5.41) is 0. The fraction of sp³-hybridized carbons (Fsp3) is 0.818. The first-order chi connectivity index (χ1) is 7.29. The second-order valence-electron chi connectivity index (χ2n) is 5.07. The first-order valence-electron chi connectivity index (χ1n) is 5.47. The Morgan fingerprint density at radius 1 is 1.38 bits per heavy atom. The summed E-state index contributed by atoms with van der Waals surface area (Å²) in [4.78, 5) is 23.7. The van der Waals surface area contributed by atoms with Crippen LogP contribution in [-0.4, -0.2) is 35.7 Å². The average molecular weight is 231 g/mol. The summed E-state index contributed by atoms with van der Waals surface area (Å²) in [5.41, 5.74) is -0.566. The highest BCUT2D eigenvalue weighted by Gasteiger charge is 2.30. The highest BCUT2D eigenvalue weighted by atomic mass is 19.1. The van der Waals surface area contributed by atoms with Gasteiger partial charge in [0, 0.05) is 13.1 Å². The predicted molar refractivity (Wildman–Crippen MR) is 56.6 cm³/mol. The van der Waals surface area contributed by atoms with Gasteiger partial charge in [-0.3, -0.25) is 4.79 Å². The van der Waals surface area contributed by atoms with Gasteiger partial charge in [0.15, 0.2) is 0 Å². The van der Waals surface area contributed by atoms with Crippen molar-refractivity contribution in [2.45, 2.75) is 39.2 Å². The van der Waals surface area contributed by atoms with Crippen LogP contribution in [0.1, 0.15) is 33.6 Å². The van der Waals surface area contributed by atoms with Crippen molar-refractivity contribution >= 4 is 12.1 Å². The van der Waals surface area contributed by atoms with Crippen LogP contribution in [0.15, 0.2) is 0 Å². The Labute approximate surface area is 94.7 Å². The molecular weight excluding hydrogens is 213 g/mol. The molecule has 1 atom stereocenters. The smallest absolute Gasteiger partial charge is 0.410 e. The van der Waals surface area contributed by atoms with Gasteiger partial charge in [0.25, 0.3) is 0 Å². The minimum atomic E-state index is -1.34. The topological polar surface area (TPSA) is 46.6 Å². The fourth-order valence-corrected chi connectivity index (χ4v) is 1.65. The van der Waals surface area contributed by atoms with Crippen molar-refractivity contribution in [3.05, 3.63) is 0 Å². The molecule has 0 spiro atoms. The Morgan fingerprint density at radius 2 is 2.00 bits per heavy atom. The van der Waals surface area contributed by atoms with Crippen LogP contribution < -0.4 is 0 Å². The molecule has 0 aromatic heterocycles. The van der Waals surface area contributed by atoms with E-state index in [0.29, 0.717) is 19.4 Å². The summed E-state index contributed by atoms with van der Waals surface area (Å²) < 4.78 is 17.7. The standard InChI is InChI=1S/C11H18FNO3/c1-11(2,3)16-10(15)13-6-4-5-8(7-13)9(12)14/h8H,4-7H2,1-3H3. The molecule has 5 heteroatoms. The van der Waals surface area contributed by atoms with Crippen molar-refractivity contribution < 1.29 is 18.7 Å². The molecule has 16 heavy (non-hydrogen) atoms. The quantitative estimate of drug-likeness (QED) is 0.649. The zero-order valence-electron chi connectivity index (χ0n) is 9.96. The lowest BCUT2D eigenvalue weighted by molar-refractivity contribution is -0.135. The third kappa shape index (κ3) is 3.79. The van der Waals surface area contributed by atoms with E-state index in [2.05, 4.69) is 0 Å². The van der Waals surface area contributed by atoms with Crippen LogP contribution in [0.2, 0.25) is 0 Å². The second-order valence-corrected chi connectivity index (χ2v) is 5.07. The molecule has 0 N–H and O–H groups in total. The van der Waals surface area contributed by atoms with Crippen LogP contribution in [-0.2, 0) is 9.53 Å². The summed E-state index contributed by atoms with van der Waals surface area (Å²) in [7, 11) is 0. The van der Waals surface area contributed by atoms with E-state index in [0.717, 1.165) is 0 Å². The number of hydrogen-bond donors (Lipinski definition) is 0. The van der Waals surface area contributed by atoms with Gasteiger partial charge in [-0.15, -0.1) is 0 Å². The Balaban J connectivity index is 2.54. The van der Waals surface area contributed by atoms with E-state index in [4.69, 9.17) is 4.74 Å². The number of ether oxygens (including phenoxy) is 1. The van der Waals surface area contributed by atoms with Gasteiger partial charge in [-0.05, 0) is 33.6 Å². The molecule has 0 aliphatic carbocycles. The molecular formula is C11H18FNO3. The number of carbonyl (C=O) groups is 2. The van der Waals surface area contributed by atoms with Crippen LogP contribution >= 0.6 is 0 Å². The SMILES string of the molecule is CC(C)(C)OC(=O)N1CCCC(C(=O)F)C1. The number of rotatable bonds is 1. The first-order valence-corrected chi connectivity index (χ1v) is 5.47. The van der Waals surface area contributed by atoms with E-state index in [9.17, 15) is 14.0 Å². The van der Waals surface area contributed by atoms with E-state index >= 15 is 0 Å². The van der Waals surface area contributed by atoms with Gasteiger partial charge in [0.1, 0.15) is 5.60 Å². The molecule has 1 unspecified atom stereocenters. The number of nitrogens with zero attached hydrogens (tertiary/aromatic N) is 1. The summed E-state index contributed by atoms with van der Waals surface area (Å²) in [6, 6.07) is -1.34.